The van der Waals surface area contributed by atoms with Crippen LogP contribution in [0.1, 0.15) is 26.3 Å². The summed E-state index contributed by atoms with van der Waals surface area (Å²) in [6.45, 7) is 5.98. The van der Waals surface area contributed by atoms with E-state index in [-0.39, 0.29) is 17.4 Å². The first kappa shape index (κ1) is 14.3. The Morgan fingerprint density at radius 1 is 1.25 bits per heavy atom. The molecule has 0 aliphatic rings. The fourth-order valence-corrected chi connectivity index (χ4v) is 1.11. The highest BCUT2D eigenvalue weighted by Crippen LogP contribution is 2.24. The van der Waals surface area contributed by atoms with E-state index in [0.29, 0.717) is 13.0 Å². The molecule has 3 N–H and O–H groups in total. The van der Waals surface area contributed by atoms with Crippen LogP contribution in [-0.2, 0) is 11.2 Å². The first-order chi connectivity index (χ1) is 7.59. The van der Waals surface area contributed by atoms with Crippen LogP contribution in [0.5, 0.6) is 11.5 Å². The summed E-state index contributed by atoms with van der Waals surface area (Å²) < 4.78 is 0. The average molecular weight is 225 g/mol. The van der Waals surface area contributed by atoms with Gasteiger partial charge in [-0.15, -0.1) is 0 Å². The molecule has 0 heterocycles. The summed E-state index contributed by atoms with van der Waals surface area (Å²) in [5.41, 5.74) is 0.869. The third kappa shape index (κ3) is 5.24. The van der Waals surface area contributed by atoms with Crippen LogP contribution in [0, 0.1) is 0 Å². The summed E-state index contributed by atoms with van der Waals surface area (Å²) in [6.07, 6.45) is 0.632. The van der Waals surface area contributed by atoms with Crippen molar-refractivity contribution in [2.75, 3.05) is 6.54 Å². The molecule has 4 heteroatoms. The molecular weight excluding hydrogens is 206 g/mol. The zero-order valence-electron chi connectivity index (χ0n) is 9.95. The van der Waals surface area contributed by atoms with Gasteiger partial charge in [-0.05, 0) is 24.1 Å². The van der Waals surface area contributed by atoms with Gasteiger partial charge in [-0.3, -0.25) is 4.79 Å². The molecule has 0 saturated carbocycles. The average Bonchev–Trinajstić information content (AvgIpc) is 2.26. The Hall–Kier alpha value is -1.71. The van der Waals surface area contributed by atoms with E-state index in [0.717, 1.165) is 5.56 Å². The maximum Gasteiger partial charge on any atom is 0.216 e. The molecule has 0 unspecified atom stereocenters. The van der Waals surface area contributed by atoms with E-state index in [1.54, 1.807) is 6.07 Å². The monoisotopic (exact) mass is 225 g/mol. The molecule has 0 bridgehead atoms. The number of carbonyl (C=O) groups is 1. The van der Waals surface area contributed by atoms with E-state index in [4.69, 9.17) is 5.11 Å². The molecule has 0 fully saturated rings. The Morgan fingerprint density at radius 2 is 1.88 bits per heavy atom. The highest BCUT2D eigenvalue weighted by Gasteiger charge is 2.00. The number of nitrogens with one attached hydrogen (secondary N) is 1. The third-order valence-corrected chi connectivity index (χ3v) is 1.83. The lowest BCUT2D eigenvalue weighted by Gasteiger charge is -2.04. The second kappa shape index (κ2) is 7.56. The van der Waals surface area contributed by atoms with Gasteiger partial charge in [-0.2, -0.15) is 0 Å². The molecule has 0 aliphatic carbocycles. The van der Waals surface area contributed by atoms with E-state index in [9.17, 15) is 9.90 Å². The topological polar surface area (TPSA) is 69.6 Å². The van der Waals surface area contributed by atoms with Gasteiger partial charge in [0.2, 0.25) is 5.91 Å². The predicted molar refractivity (Wildman–Crippen MR) is 63.5 cm³/mol. The first-order valence-corrected chi connectivity index (χ1v) is 5.35. The van der Waals surface area contributed by atoms with Crippen LogP contribution in [0.15, 0.2) is 18.2 Å². The Bertz CT molecular complexity index is 337. The quantitative estimate of drug-likeness (QED) is 0.687. The minimum Gasteiger partial charge on any atom is -0.504 e. The van der Waals surface area contributed by atoms with Crippen molar-refractivity contribution in [1.29, 1.82) is 0 Å². The molecule has 0 saturated heterocycles. The SMILES string of the molecule is CC.CC(=O)NCCc1ccc(O)c(O)c1. The lowest BCUT2D eigenvalue weighted by Crippen LogP contribution is -2.22. The molecule has 0 aliphatic heterocycles. The van der Waals surface area contributed by atoms with Crippen LogP contribution >= 0.6 is 0 Å². The van der Waals surface area contributed by atoms with Gasteiger partial charge in [0.15, 0.2) is 11.5 Å². The molecule has 1 aromatic rings. The molecule has 4 nitrogen and oxygen atoms in total. The van der Waals surface area contributed by atoms with Crippen molar-refractivity contribution in [3.63, 3.8) is 0 Å². The summed E-state index contributed by atoms with van der Waals surface area (Å²) in [7, 11) is 0. The van der Waals surface area contributed by atoms with E-state index in [1.165, 1.54) is 19.1 Å². The molecule has 16 heavy (non-hydrogen) atoms. The van der Waals surface area contributed by atoms with Gasteiger partial charge in [0.1, 0.15) is 0 Å². The second-order valence-electron chi connectivity index (χ2n) is 3.06. The second-order valence-corrected chi connectivity index (χ2v) is 3.06. The number of phenolic OH excluding ortho intramolecular Hbond substituents is 2. The van der Waals surface area contributed by atoms with Gasteiger partial charge < -0.3 is 15.5 Å². The number of benzene rings is 1. The molecule has 0 aromatic heterocycles. The van der Waals surface area contributed by atoms with Crippen molar-refractivity contribution in [2.45, 2.75) is 27.2 Å². The smallest absolute Gasteiger partial charge is 0.216 e. The number of carbonyl (C=O) groups excluding carboxylic acids is 1. The zero-order chi connectivity index (χ0) is 12.6. The Balaban J connectivity index is 0.00000106. The predicted octanol–water partition coefficient (Wildman–Crippen LogP) is 1.80. The van der Waals surface area contributed by atoms with Gasteiger partial charge in [0.25, 0.3) is 0 Å². The number of amides is 1. The fraction of sp³-hybridized carbons (Fsp3) is 0.417. The van der Waals surface area contributed by atoms with E-state index >= 15 is 0 Å². The van der Waals surface area contributed by atoms with Crippen molar-refractivity contribution in [1.82, 2.24) is 5.32 Å². The van der Waals surface area contributed by atoms with Crippen LogP contribution in [0.3, 0.4) is 0 Å². The molecule has 0 spiro atoms. The lowest BCUT2D eigenvalue weighted by atomic mass is 10.1. The minimum atomic E-state index is -0.134. The molecule has 0 radical (unpaired) electrons. The van der Waals surface area contributed by atoms with Crippen molar-refractivity contribution in [3.05, 3.63) is 23.8 Å². The van der Waals surface area contributed by atoms with Crippen molar-refractivity contribution < 1.29 is 15.0 Å². The Morgan fingerprint density at radius 3 is 2.38 bits per heavy atom. The standard InChI is InChI=1S/C10H13NO3.C2H6/c1-7(12)11-5-4-8-2-3-9(13)10(14)6-8;1-2/h2-3,6,13-14H,4-5H2,1H3,(H,11,12);1-2H3. The molecule has 1 aromatic carbocycles. The highest BCUT2D eigenvalue weighted by atomic mass is 16.3. The van der Waals surface area contributed by atoms with Crippen LogP contribution in [0.4, 0.5) is 0 Å². The molecule has 0 atom stereocenters. The van der Waals surface area contributed by atoms with E-state index in [1.807, 2.05) is 13.8 Å². The van der Waals surface area contributed by atoms with Gasteiger partial charge >= 0.3 is 0 Å². The van der Waals surface area contributed by atoms with Gasteiger partial charge in [-0.1, -0.05) is 19.9 Å². The van der Waals surface area contributed by atoms with Crippen LogP contribution < -0.4 is 5.32 Å². The van der Waals surface area contributed by atoms with Gasteiger partial charge in [0, 0.05) is 13.5 Å². The maximum absolute atomic E-state index is 10.6. The molecule has 1 amide bonds. The molecule has 1 rings (SSSR count). The summed E-state index contributed by atoms with van der Waals surface area (Å²) in [5, 5.41) is 20.9. The Kier molecular flexibility index (Phi) is 6.76. The van der Waals surface area contributed by atoms with Crippen molar-refractivity contribution in [3.8, 4) is 11.5 Å². The van der Waals surface area contributed by atoms with Crippen molar-refractivity contribution >= 4 is 5.91 Å². The Labute approximate surface area is 95.9 Å². The summed E-state index contributed by atoms with van der Waals surface area (Å²) in [5.74, 6) is -0.341. The summed E-state index contributed by atoms with van der Waals surface area (Å²) in [6, 6.07) is 4.62. The number of hydrogen-bond acceptors (Lipinski definition) is 3. The van der Waals surface area contributed by atoms with E-state index < -0.39 is 0 Å². The first-order valence-electron chi connectivity index (χ1n) is 5.35. The third-order valence-electron chi connectivity index (χ3n) is 1.83. The van der Waals surface area contributed by atoms with Crippen LogP contribution in [-0.4, -0.2) is 22.7 Å². The summed E-state index contributed by atoms with van der Waals surface area (Å²) in [4.78, 5) is 10.6. The normalized spacial score (nSPS) is 8.94. The number of phenols is 2. The van der Waals surface area contributed by atoms with Gasteiger partial charge in [-0.25, -0.2) is 0 Å². The number of rotatable bonds is 3. The van der Waals surface area contributed by atoms with Crippen LogP contribution in [0.2, 0.25) is 0 Å². The zero-order valence-corrected chi connectivity index (χ0v) is 9.95. The largest absolute Gasteiger partial charge is 0.504 e. The highest BCUT2D eigenvalue weighted by molar-refractivity contribution is 5.72. The van der Waals surface area contributed by atoms with E-state index in [2.05, 4.69) is 5.32 Å². The lowest BCUT2D eigenvalue weighted by molar-refractivity contribution is -0.118. The molecule has 90 valence electrons. The molecular formula is C12H19NO3. The maximum atomic E-state index is 10.6. The number of aromatic hydroxyl groups is 2. The fourth-order valence-electron chi connectivity index (χ4n) is 1.11. The van der Waals surface area contributed by atoms with Gasteiger partial charge in [0.05, 0.1) is 0 Å². The van der Waals surface area contributed by atoms with Crippen molar-refractivity contribution in [2.24, 2.45) is 0 Å². The van der Waals surface area contributed by atoms with Crippen LogP contribution in [0.25, 0.3) is 0 Å². The summed E-state index contributed by atoms with van der Waals surface area (Å²) >= 11 is 0. The minimum absolute atomic E-state index is 0.0759. The number of hydrogen-bond donors (Lipinski definition) is 3.